The van der Waals surface area contributed by atoms with Crippen LogP contribution in [0.15, 0.2) is 180 Å². The van der Waals surface area contributed by atoms with E-state index in [1.807, 2.05) is 6.07 Å². The van der Waals surface area contributed by atoms with E-state index in [4.69, 9.17) is 4.42 Å². The Balaban J connectivity index is 1.30. The summed E-state index contributed by atoms with van der Waals surface area (Å²) in [6.45, 7) is 0. The molecule has 0 unspecified atom stereocenters. The first kappa shape index (κ1) is 26.8. The van der Waals surface area contributed by atoms with Gasteiger partial charge in [-0.15, -0.1) is 0 Å². The van der Waals surface area contributed by atoms with Gasteiger partial charge < -0.3 is 9.32 Å². The number of hydrogen-bond donors (Lipinski definition) is 0. The van der Waals surface area contributed by atoms with Crippen LogP contribution in [0, 0.1) is 0 Å². The molecule has 9 aromatic carbocycles. The molecule has 0 fully saturated rings. The first-order chi connectivity index (χ1) is 23.8. The molecule has 48 heavy (non-hydrogen) atoms. The standard InChI is InChI=1S/C46H29NO/c1-2-11-30(12-3-1)36-15-6-8-18-41(36)47(42-19-10-14-32-25-27-40-39-17-7-9-20-43(39)48-46(40)45(32)42)35-26-28-38-34(29-35)24-23-33-22-21-31-13-4-5-16-37(31)44(33)38/h1-29H. The maximum absolute atomic E-state index is 6.68. The van der Waals surface area contributed by atoms with Crippen molar-refractivity contribution < 1.29 is 4.42 Å². The smallest absolute Gasteiger partial charge is 0.145 e. The third-order valence-electron chi connectivity index (χ3n) is 9.80. The first-order valence-corrected chi connectivity index (χ1v) is 16.4. The van der Waals surface area contributed by atoms with Gasteiger partial charge in [-0.2, -0.15) is 0 Å². The maximum Gasteiger partial charge on any atom is 0.145 e. The Bertz CT molecular complexity index is 2850. The number of nitrogens with zero attached hydrogens (tertiary/aromatic N) is 1. The Morgan fingerprint density at radius 2 is 1.00 bits per heavy atom. The van der Waals surface area contributed by atoms with Crippen LogP contribution in [0.5, 0.6) is 0 Å². The van der Waals surface area contributed by atoms with E-state index in [0.29, 0.717) is 0 Å². The summed E-state index contributed by atoms with van der Waals surface area (Å²) in [5, 5.41) is 12.0. The molecule has 2 nitrogen and oxygen atoms in total. The van der Waals surface area contributed by atoms with Crippen LogP contribution in [0.3, 0.4) is 0 Å². The summed E-state index contributed by atoms with van der Waals surface area (Å²) in [6.07, 6.45) is 0. The number of hydrogen-bond acceptors (Lipinski definition) is 2. The molecule has 0 aliphatic heterocycles. The van der Waals surface area contributed by atoms with E-state index in [9.17, 15) is 0 Å². The minimum absolute atomic E-state index is 0.899. The van der Waals surface area contributed by atoms with Crippen molar-refractivity contribution >= 4 is 82.1 Å². The number of rotatable bonds is 4. The predicted octanol–water partition coefficient (Wildman–Crippen LogP) is 13.3. The molecule has 0 radical (unpaired) electrons. The van der Waals surface area contributed by atoms with Crippen LogP contribution in [0.1, 0.15) is 0 Å². The Morgan fingerprint density at radius 3 is 1.92 bits per heavy atom. The molecular formula is C46H29NO. The molecule has 0 bridgehead atoms. The fourth-order valence-electron chi connectivity index (χ4n) is 7.62. The van der Waals surface area contributed by atoms with Crippen LogP contribution in [0.4, 0.5) is 17.1 Å². The molecule has 0 aliphatic carbocycles. The molecule has 0 spiro atoms. The average Bonchev–Trinajstić information content (AvgIpc) is 3.54. The third kappa shape index (κ3) is 4.06. The highest BCUT2D eigenvalue weighted by molar-refractivity contribution is 6.22. The van der Waals surface area contributed by atoms with Crippen molar-refractivity contribution in [3.05, 3.63) is 176 Å². The second kappa shape index (κ2) is 10.6. The van der Waals surface area contributed by atoms with E-state index in [2.05, 4.69) is 175 Å². The Labute approximate surface area is 277 Å². The van der Waals surface area contributed by atoms with Crippen LogP contribution in [0.25, 0.3) is 76.2 Å². The van der Waals surface area contributed by atoms with Crippen LogP contribution >= 0.6 is 0 Å². The van der Waals surface area contributed by atoms with Crippen molar-refractivity contribution in [2.24, 2.45) is 0 Å². The SMILES string of the molecule is c1ccc(-c2ccccc2N(c2ccc3c(ccc4ccc5ccccc5c43)c2)c2cccc3ccc4c5ccccc5oc4c23)cc1. The van der Waals surface area contributed by atoms with Crippen LogP contribution in [-0.2, 0) is 0 Å². The van der Waals surface area contributed by atoms with E-state index in [1.54, 1.807) is 0 Å². The fourth-order valence-corrected chi connectivity index (χ4v) is 7.62. The van der Waals surface area contributed by atoms with E-state index >= 15 is 0 Å². The summed E-state index contributed by atoms with van der Waals surface area (Å²) in [5.41, 5.74) is 7.41. The third-order valence-corrected chi connectivity index (χ3v) is 9.80. The minimum Gasteiger partial charge on any atom is -0.455 e. The molecule has 0 saturated heterocycles. The van der Waals surface area contributed by atoms with Crippen LogP contribution in [0.2, 0.25) is 0 Å². The van der Waals surface area contributed by atoms with E-state index in [-0.39, 0.29) is 0 Å². The van der Waals surface area contributed by atoms with Gasteiger partial charge in [0.1, 0.15) is 11.2 Å². The molecule has 2 heteroatoms. The van der Waals surface area contributed by atoms with Crippen molar-refractivity contribution in [1.29, 1.82) is 0 Å². The van der Waals surface area contributed by atoms with Crippen molar-refractivity contribution in [3.63, 3.8) is 0 Å². The zero-order chi connectivity index (χ0) is 31.6. The average molecular weight is 612 g/mol. The summed E-state index contributed by atoms with van der Waals surface area (Å²) < 4.78 is 6.68. The summed E-state index contributed by atoms with van der Waals surface area (Å²) in [7, 11) is 0. The van der Waals surface area contributed by atoms with Gasteiger partial charge in [-0.1, -0.05) is 140 Å². The monoisotopic (exact) mass is 611 g/mol. The topological polar surface area (TPSA) is 16.4 Å². The Kier molecular flexibility index (Phi) is 5.91. The lowest BCUT2D eigenvalue weighted by atomic mass is 9.95. The van der Waals surface area contributed by atoms with Crippen molar-refractivity contribution in [3.8, 4) is 11.1 Å². The summed E-state index contributed by atoms with van der Waals surface area (Å²) >= 11 is 0. The number of para-hydroxylation sites is 2. The zero-order valence-electron chi connectivity index (χ0n) is 26.1. The maximum atomic E-state index is 6.68. The normalized spacial score (nSPS) is 11.8. The lowest BCUT2D eigenvalue weighted by Gasteiger charge is -2.29. The molecule has 0 N–H and O–H groups in total. The van der Waals surface area contributed by atoms with E-state index in [0.717, 1.165) is 55.3 Å². The van der Waals surface area contributed by atoms with Gasteiger partial charge in [0.05, 0.1) is 11.4 Å². The number of anilines is 3. The first-order valence-electron chi connectivity index (χ1n) is 16.4. The number of benzene rings is 9. The highest BCUT2D eigenvalue weighted by Gasteiger charge is 2.22. The lowest BCUT2D eigenvalue weighted by Crippen LogP contribution is -2.12. The highest BCUT2D eigenvalue weighted by Crippen LogP contribution is 2.47. The molecule has 1 heterocycles. The van der Waals surface area contributed by atoms with Crippen molar-refractivity contribution in [2.75, 3.05) is 4.90 Å². The molecule has 1 aromatic heterocycles. The molecule has 224 valence electrons. The van der Waals surface area contributed by atoms with E-state index < -0.39 is 0 Å². The van der Waals surface area contributed by atoms with Gasteiger partial charge >= 0.3 is 0 Å². The van der Waals surface area contributed by atoms with Gasteiger partial charge in [-0.25, -0.2) is 0 Å². The Hall–Kier alpha value is -6.38. The number of fused-ring (bicyclic) bond motifs is 10. The summed E-state index contributed by atoms with van der Waals surface area (Å²) in [6, 6.07) is 63.3. The molecule has 0 saturated carbocycles. The molecule has 0 atom stereocenters. The van der Waals surface area contributed by atoms with Gasteiger partial charge in [0.25, 0.3) is 0 Å². The van der Waals surface area contributed by atoms with Crippen LogP contribution < -0.4 is 4.90 Å². The second-order valence-electron chi connectivity index (χ2n) is 12.5. The van der Waals surface area contributed by atoms with Crippen molar-refractivity contribution in [1.82, 2.24) is 0 Å². The minimum atomic E-state index is 0.899. The largest absolute Gasteiger partial charge is 0.455 e. The highest BCUT2D eigenvalue weighted by atomic mass is 16.3. The molecular weight excluding hydrogens is 583 g/mol. The molecule has 10 aromatic rings. The summed E-state index contributed by atoms with van der Waals surface area (Å²) in [4.78, 5) is 2.42. The predicted molar refractivity (Wildman–Crippen MR) is 204 cm³/mol. The Morgan fingerprint density at radius 1 is 0.375 bits per heavy atom. The fraction of sp³-hybridized carbons (Fsp3) is 0. The van der Waals surface area contributed by atoms with E-state index in [1.165, 1.54) is 37.9 Å². The number of furan rings is 1. The lowest BCUT2D eigenvalue weighted by molar-refractivity contribution is 0.672. The molecule has 0 aliphatic rings. The second-order valence-corrected chi connectivity index (χ2v) is 12.5. The zero-order valence-corrected chi connectivity index (χ0v) is 26.1. The van der Waals surface area contributed by atoms with Gasteiger partial charge in [-0.3, -0.25) is 0 Å². The van der Waals surface area contributed by atoms with Gasteiger partial charge in [0, 0.05) is 27.4 Å². The quantitative estimate of drug-likeness (QED) is 0.184. The molecule has 10 rings (SSSR count). The van der Waals surface area contributed by atoms with Crippen LogP contribution in [-0.4, -0.2) is 0 Å². The summed E-state index contributed by atoms with van der Waals surface area (Å²) in [5.74, 6) is 0. The van der Waals surface area contributed by atoms with Gasteiger partial charge in [0.15, 0.2) is 0 Å². The van der Waals surface area contributed by atoms with Gasteiger partial charge in [0.2, 0.25) is 0 Å². The molecule has 0 amide bonds. The van der Waals surface area contributed by atoms with Crippen molar-refractivity contribution in [2.45, 2.75) is 0 Å². The van der Waals surface area contributed by atoms with Gasteiger partial charge in [-0.05, 0) is 79.7 Å².